The van der Waals surface area contributed by atoms with E-state index in [1.165, 1.54) is 12.1 Å². The van der Waals surface area contributed by atoms with Crippen LogP contribution in [-0.2, 0) is 15.0 Å². The normalized spacial score (nSPS) is 22.5. The number of halogens is 1. The van der Waals surface area contributed by atoms with Crippen molar-refractivity contribution in [2.75, 3.05) is 26.9 Å². The number of ether oxygens (including phenoxy) is 2. The van der Waals surface area contributed by atoms with Gasteiger partial charge in [-0.3, -0.25) is 0 Å². The molecule has 2 unspecified atom stereocenters. The van der Waals surface area contributed by atoms with E-state index in [0.29, 0.717) is 19.8 Å². The molecule has 0 spiro atoms. The van der Waals surface area contributed by atoms with Crippen LogP contribution in [0.1, 0.15) is 23.2 Å². The molecule has 33 heavy (non-hydrogen) atoms. The van der Waals surface area contributed by atoms with Gasteiger partial charge in [0.25, 0.3) is 0 Å². The zero-order valence-electron chi connectivity index (χ0n) is 18.7. The number of methoxy groups -OCH3 is 1. The molecule has 0 saturated carbocycles. The third-order valence-corrected chi connectivity index (χ3v) is 6.49. The van der Waals surface area contributed by atoms with Gasteiger partial charge in [-0.2, -0.15) is 0 Å². The van der Waals surface area contributed by atoms with Crippen molar-refractivity contribution < 1.29 is 18.7 Å². The SMILES string of the molecule is COc1cc(/C=C\C2=NOCC3(c4ccc(F)cc4)COCCC23)ccc1-n1cnc(C)c1. The summed E-state index contributed by atoms with van der Waals surface area (Å²) in [5.74, 6) is 0.622. The number of fused-ring (bicyclic) bond motifs is 1. The molecule has 7 heteroatoms. The first-order valence-corrected chi connectivity index (χ1v) is 11.0. The second-order valence-corrected chi connectivity index (χ2v) is 8.53. The Hall–Kier alpha value is -3.45. The molecule has 5 rings (SSSR count). The number of oxime groups is 1. The summed E-state index contributed by atoms with van der Waals surface area (Å²) in [5, 5.41) is 4.38. The fourth-order valence-electron chi connectivity index (χ4n) is 4.73. The fourth-order valence-corrected chi connectivity index (χ4v) is 4.73. The van der Waals surface area contributed by atoms with Gasteiger partial charge in [-0.25, -0.2) is 9.37 Å². The van der Waals surface area contributed by atoms with Crippen LogP contribution in [0.5, 0.6) is 5.75 Å². The van der Waals surface area contributed by atoms with E-state index in [0.717, 1.165) is 40.4 Å². The molecule has 2 aliphatic rings. The molecule has 2 aliphatic heterocycles. The van der Waals surface area contributed by atoms with Crippen molar-refractivity contribution in [1.29, 1.82) is 0 Å². The van der Waals surface area contributed by atoms with Gasteiger partial charge in [-0.1, -0.05) is 29.4 Å². The molecule has 0 N–H and O–H groups in total. The van der Waals surface area contributed by atoms with Crippen LogP contribution in [0.15, 0.2) is 66.2 Å². The van der Waals surface area contributed by atoms with E-state index in [-0.39, 0.29) is 17.2 Å². The maximum atomic E-state index is 13.5. The first-order valence-electron chi connectivity index (χ1n) is 11.0. The summed E-state index contributed by atoms with van der Waals surface area (Å²) in [6, 6.07) is 12.7. The van der Waals surface area contributed by atoms with Gasteiger partial charge in [0, 0.05) is 18.7 Å². The predicted octanol–water partition coefficient (Wildman–Crippen LogP) is 4.70. The molecule has 1 saturated heterocycles. The Morgan fingerprint density at radius 3 is 2.76 bits per heavy atom. The summed E-state index contributed by atoms with van der Waals surface area (Å²) < 4.78 is 27.0. The van der Waals surface area contributed by atoms with Crippen LogP contribution in [-0.4, -0.2) is 42.2 Å². The summed E-state index contributed by atoms with van der Waals surface area (Å²) in [4.78, 5) is 9.98. The molecule has 1 fully saturated rings. The Labute approximate surface area is 192 Å². The van der Waals surface area contributed by atoms with Gasteiger partial charge in [-0.15, -0.1) is 0 Å². The third kappa shape index (κ3) is 4.04. The van der Waals surface area contributed by atoms with Gasteiger partial charge in [0.05, 0.1) is 42.6 Å². The highest BCUT2D eigenvalue weighted by Crippen LogP contribution is 2.42. The minimum absolute atomic E-state index is 0.122. The molecular formula is C26H26FN3O3. The molecular weight excluding hydrogens is 421 g/mol. The molecule has 0 radical (unpaired) electrons. The van der Waals surface area contributed by atoms with Gasteiger partial charge in [0.1, 0.15) is 18.2 Å². The molecule has 0 bridgehead atoms. The highest BCUT2D eigenvalue weighted by atomic mass is 19.1. The predicted molar refractivity (Wildman–Crippen MR) is 124 cm³/mol. The highest BCUT2D eigenvalue weighted by molar-refractivity contribution is 6.01. The number of hydrogen-bond acceptors (Lipinski definition) is 5. The molecule has 2 atom stereocenters. The van der Waals surface area contributed by atoms with Crippen molar-refractivity contribution in [3.63, 3.8) is 0 Å². The van der Waals surface area contributed by atoms with E-state index < -0.39 is 0 Å². The minimum atomic E-state index is -0.381. The number of imidazole rings is 1. The third-order valence-electron chi connectivity index (χ3n) is 6.49. The number of rotatable bonds is 5. The summed E-state index contributed by atoms with van der Waals surface area (Å²) in [6.45, 7) is 3.54. The maximum Gasteiger partial charge on any atom is 0.143 e. The lowest BCUT2D eigenvalue weighted by Gasteiger charge is -2.45. The van der Waals surface area contributed by atoms with Gasteiger partial charge in [-0.05, 0) is 54.8 Å². The monoisotopic (exact) mass is 447 g/mol. The average molecular weight is 448 g/mol. The molecule has 2 aromatic carbocycles. The lowest BCUT2D eigenvalue weighted by molar-refractivity contribution is -0.0458. The smallest absolute Gasteiger partial charge is 0.143 e. The van der Waals surface area contributed by atoms with Crippen molar-refractivity contribution in [2.45, 2.75) is 18.8 Å². The van der Waals surface area contributed by atoms with E-state index in [9.17, 15) is 4.39 Å². The van der Waals surface area contributed by atoms with Crippen LogP contribution in [0.2, 0.25) is 0 Å². The van der Waals surface area contributed by atoms with E-state index in [4.69, 9.17) is 14.3 Å². The van der Waals surface area contributed by atoms with Crippen molar-refractivity contribution in [1.82, 2.24) is 9.55 Å². The molecule has 3 heterocycles. The Balaban J connectivity index is 1.43. The Kier molecular flexibility index (Phi) is 5.72. The number of benzene rings is 2. The van der Waals surface area contributed by atoms with Crippen LogP contribution >= 0.6 is 0 Å². The van der Waals surface area contributed by atoms with Crippen molar-refractivity contribution in [3.05, 3.63) is 83.7 Å². The number of aryl methyl sites for hydroxylation is 1. The molecule has 1 aromatic heterocycles. The largest absolute Gasteiger partial charge is 0.495 e. The number of hydrogen-bond donors (Lipinski definition) is 0. The van der Waals surface area contributed by atoms with Crippen LogP contribution in [0, 0.1) is 18.7 Å². The van der Waals surface area contributed by atoms with Crippen LogP contribution in [0.4, 0.5) is 4.39 Å². The van der Waals surface area contributed by atoms with Crippen LogP contribution < -0.4 is 4.74 Å². The summed E-state index contributed by atoms with van der Waals surface area (Å²) in [7, 11) is 1.66. The Morgan fingerprint density at radius 1 is 1.15 bits per heavy atom. The van der Waals surface area contributed by atoms with E-state index in [2.05, 4.69) is 10.1 Å². The zero-order valence-corrected chi connectivity index (χ0v) is 18.7. The van der Waals surface area contributed by atoms with Crippen molar-refractivity contribution in [3.8, 4) is 11.4 Å². The molecule has 6 nitrogen and oxygen atoms in total. The standard InChI is InChI=1S/C26H26FN3O3/c1-18-14-30(17-28-18)24-10-4-19(13-25(24)31-2)3-9-23-22-11-12-32-15-26(22,16-33-29-23)20-5-7-21(27)8-6-20/h3-10,13-14,17,22H,11-12,15-16H2,1-2H3/b9-3-. The molecule has 0 amide bonds. The van der Waals surface area contributed by atoms with Crippen LogP contribution in [0.3, 0.4) is 0 Å². The highest BCUT2D eigenvalue weighted by Gasteiger charge is 2.48. The Bertz CT molecular complexity index is 1200. The average Bonchev–Trinajstić information content (AvgIpc) is 3.28. The first-order chi connectivity index (χ1) is 16.1. The molecule has 3 aromatic rings. The number of nitrogens with zero attached hydrogens (tertiary/aromatic N) is 3. The van der Waals surface area contributed by atoms with Gasteiger partial charge < -0.3 is 18.9 Å². The Morgan fingerprint density at radius 2 is 2.00 bits per heavy atom. The lowest BCUT2D eigenvalue weighted by Crippen LogP contribution is -2.52. The fraction of sp³-hybridized carbons (Fsp3) is 0.308. The van der Waals surface area contributed by atoms with Gasteiger partial charge >= 0.3 is 0 Å². The van der Waals surface area contributed by atoms with Gasteiger partial charge in [0.2, 0.25) is 0 Å². The number of aromatic nitrogens is 2. The maximum absolute atomic E-state index is 13.5. The summed E-state index contributed by atoms with van der Waals surface area (Å²) in [5.41, 5.74) is 4.35. The van der Waals surface area contributed by atoms with E-state index >= 15 is 0 Å². The van der Waals surface area contributed by atoms with Crippen molar-refractivity contribution >= 4 is 11.8 Å². The zero-order chi connectivity index (χ0) is 22.8. The van der Waals surface area contributed by atoms with Gasteiger partial charge in [0.15, 0.2) is 0 Å². The topological polar surface area (TPSA) is 57.9 Å². The second-order valence-electron chi connectivity index (χ2n) is 8.53. The summed E-state index contributed by atoms with van der Waals surface area (Å²) in [6.07, 6.45) is 8.58. The van der Waals surface area contributed by atoms with Crippen LogP contribution in [0.25, 0.3) is 11.8 Å². The van der Waals surface area contributed by atoms with E-state index in [1.807, 2.05) is 60.2 Å². The first kappa shape index (κ1) is 21.4. The minimum Gasteiger partial charge on any atom is -0.495 e. The van der Waals surface area contributed by atoms with Crippen molar-refractivity contribution in [2.24, 2.45) is 11.1 Å². The lowest BCUT2D eigenvalue weighted by atomic mass is 9.66. The number of allylic oxidation sites excluding steroid dienone is 1. The van der Waals surface area contributed by atoms with E-state index in [1.54, 1.807) is 13.4 Å². The quantitative estimate of drug-likeness (QED) is 0.569. The second kappa shape index (κ2) is 8.83. The molecule has 0 aliphatic carbocycles. The molecule has 170 valence electrons. The summed E-state index contributed by atoms with van der Waals surface area (Å²) >= 11 is 0.